The summed E-state index contributed by atoms with van der Waals surface area (Å²) in [4.78, 5) is 0. The summed E-state index contributed by atoms with van der Waals surface area (Å²) in [6.45, 7) is 2.01. The summed E-state index contributed by atoms with van der Waals surface area (Å²) in [5, 5.41) is 0. The van der Waals surface area contributed by atoms with Crippen molar-refractivity contribution < 1.29 is 18.3 Å². The number of hydrogen-bond acceptors (Lipinski definition) is 2. The molecule has 0 saturated heterocycles. The summed E-state index contributed by atoms with van der Waals surface area (Å²) >= 11 is 0. The highest BCUT2D eigenvalue weighted by atomic mass is 19.1. The number of rotatable bonds is 5. The molecule has 4 heteroatoms. The zero-order valence-electron chi connectivity index (χ0n) is 10.5. The van der Waals surface area contributed by atoms with Gasteiger partial charge in [0.2, 0.25) is 0 Å². The van der Waals surface area contributed by atoms with Gasteiger partial charge in [-0.25, -0.2) is 8.78 Å². The van der Waals surface area contributed by atoms with Crippen molar-refractivity contribution in [2.45, 2.75) is 6.92 Å². The third kappa shape index (κ3) is 3.09. The second-order valence-corrected chi connectivity index (χ2v) is 3.86. The van der Waals surface area contributed by atoms with Crippen molar-refractivity contribution in [1.82, 2.24) is 0 Å². The quantitative estimate of drug-likeness (QED) is 0.600. The lowest BCUT2D eigenvalue weighted by Crippen LogP contribution is -2.05. The minimum Gasteiger partial charge on any atom is -0.461 e. The average Bonchev–Trinajstić information content (AvgIpc) is 2.43. The van der Waals surface area contributed by atoms with Crippen LogP contribution in [0.4, 0.5) is 8.78 Å². The summed E-state index contributed by atoms with van der Waals surface area (Å²) in [5.41, 5.74) is 0.967. The molecule has 0 amide bonds. The molecule has 2 nitrogen and oxygen atoms in total. The van der Waals surface area contributed by atoms with Gasteiger partial charge >= 0.3 is 0 Å². The molecule has 0 aliphatic heterocycles. The monoisotopic (exact) mass is 264 g/mol. The topological polar surface area (TPSA) is 18.5 Å². The van der Waals surface area contributed by atoms with Crippen LogP contribution in [-0.2, 0) is 4.74 Å². The number of halogens is 2. The Morgan fingerprint density at radius 2 is 1.74 bits per heavy atom. The molecule has 0 atom stereocenters. The Morgan fingerprint density at radius 3 is 2.42 bits per heavy atom. The highest BCUT2D eigenvalue weighted by Crippen LogP contribution is 2.31. The first-order valence-electron chi connectivity index (χ1n) is 5.98. The lowest BCUT2D eigenvalue weighted by Gasteiger charge is -2.11. The van der Waals surface area contributed by atoms with E-state index in [9.17, 15) is 8.78 Å². The van der Waals surface area contributed by atoms with Crippen molar-refractivity contribution in [2.24, 2.45) is 0 Å². The van der Waals surface area contributed by atoms with Crippen LogP contribution in [0.15, 0.2) is 42.5 Å². The summed E-state index contributed by atoms with van der Waals surface area (Å²) in [6, 6.07) is 11.5. The lowest BCUT2D eigenvalue weighted by molar-refractivity contribution is 0.0177. The normalized spacial score (nSPS) is 10.5. The van der Waals surface area contributed by atoms with Gasteiger partial charge in [-0.2, -0.15) is 0 Å². The molecule has 2 aromatic carbocycles. The molecule has 0 radical (unpaired) electrons. The second kappa shape index (κ2) is 6.29. The molecule has 100 valence electrons. The number of ether oxygens (including phenoxy) is 2. The SMILES string of the molecule is CCOCOc1c(F)ccc(-c2ccccc2)c1F. The Balaban J connectivity index is 2.34. The second-order valence-electron chi connectivity index (χ2n) is 3.86. The van der Waals surface area contributed by atoms with Crippen LogP contribution in [0.1, 0.15) is 6.92 Å². The first kappa shape index (κ1) is 13.5. The molecule has 0 aliphatic rings. The molecule has 0 N–H and O–H groups in total. The highest BCUT2D eigenvalue weighted by Gasteiger charge is 2.16. The van der Waals surface area contributed by atoms with E-state index in [1.54, 1.807) is 31.2 Å². The third-order valence-corrected chi connectivity index (χ3v) is 2.62. The predicted molar refractivity (Wildman–Crippen MR) is 68.9 cm³/mol. The van der Waals surface area contributed by atoms with Gasteiger partial charge in [0.25, 0.3) is 0 Å². The molecule has 0 bridgehead atoms. The Bertz CT molecular complexity index is 541. The van der Waals surface area contributed by atoms with E-state index in [0.29, 0.717) is 17.7 Å². The minimum absolute atomic E-state index is 0.178. The van der Waals surface area contributed by atoms with Gasteiger partial charge in [-0.3, -0.25) is 0 Å². The van der Waals surface area contributed by atoms with Crippen LogP contribution >= 0.6 is 0 Å². The van der Waals surface area contributed by atoms with Crippen molar-refractivity contribution in [3.8, 4) is 16.9 Å². The fourth-order valence-electron chi connectivity index (χ4n) is 1.69. The lowest BCUT2D eigenvalue weighted by atomic mass is 10.0. The Labute approximate surface area is 110 Å². The van der Waals surface area contributed by atoms with Gasteiger partial charge in [0.05, 0.1) is 0 Å². The zero-order valence-corrected chi connectivity index (χ0v) is 10.5. The number of hydrogen-bond donors (Lipinski definition) is 0. The van der Waals surface area contributed by atoms with Crippen LogP contribution in [-0.4, -0.2) is 13.4 Å². The molecule has 19 heavy (non-hydrogen) atoms. The van der Waals surface area contributed by atoms with E-state index in [4.69, 9.17) is 9.47 Å². The fourth-order valence-corrected chi connectivity index (χ4v) is 1.69. The highest BCUT2D eigenvalue weighted by molar-refractivity contribution is 5.66. The summed E-state index contributed by atoms with van der Waals surface area (Å²) in [5.74, 6) is -1.86. The molecule has 0 heterocycles. The summed E-state index contributed by atoms with van der Waals surface area (Å²) < 4.78 is 37.7. The van der Waals surface area contributed by atoms with E-state index in [2.05, 4.69) is 0 Å². The minimum atomic E-state index is -0.739. The van der Waals surface area contributed by atoms with Crippen LogP contribution in [0.3, 0.4) is 0 Å². The van der Waals surface area contributed by atoms with E-state index in [0.717, 1.165) is 0 Å². The largest absolute Gasteiger partial charge is 0.461 e. The fraction of sp³-hybridized carbons (Fsp3) is 0.200. The Kier molecular flexibility index (Phi) is 4.47. The van der Waals surface area contributed by atoms with Crippen LogP contribution < -0.4 is 4.74 Å². The predicted octanol–water partition coefficient (Wildman–Crippen LogP) is 4.00. The van der Waals surface area contributed by atoms with Crippen molar-refractivity contribution in [3.05, 3.63) is 54.1 Å². The molecule has 2 rings (SSSR count). The van der Waals surface area contributed by atoms with Gasteiger partial charge < -0.3 is 9.47 Å². The molecule has 0 unspecified atom stereocenters. The molecule has 2 aromatic rings. The van der Waals surface area contributed by atoms with Gasteiger partial charge in [0.1, 0.15) is 0 Å². The van der Waals surface area contributed by atoms with Gasteiger partial charge in [-0.15, -0.1) is 0 Å². The van der Waals surface area contributed by atoms with E-state index in [1.807, 2.05) is 6.07 Å². The molecule has 0 fully saturated rings. The van der Waals surface area contributed by atoms with E-state index >= 15 is 0 Å². The van der Waals surface area contributed by atoms with Crippen LogP contribution in [0.5, 0.6) is 5.75 Å². The van der Waals surface area contributed by atoms with Crippen LogP contribution in [0.25, 0.3) is 11.1 Å². The molecular formula is C15H14F2O2. The number of benzene rings is 2. The third-order valence-electron chi connectivity index (χ3n) is 2.62. The Hall–Kier alpha value is -1.94. The molecule has 0 aliphatic carbocycles. The van der Waals surface area contributed by atoms with Crippen molar-refractivity contribution in [2.75, 3.05) is 13.4 Å². The summed E-state index contributed by atoms with van der Waals surface area (Å²) in [6.07, 6.45) is 0. The molecule has 0 spiro atoms. The average molecular weight is 264 g/mol. The van der Waals surface area contributed by atoms with Gasteiger partial charge in [0, 0.05) is 12.2 Å². The van der Waals surface area contributed by atoms with E-state index in [1.165, 1.54) is 12.1 Å². The summed E-state index contributed by atoms with van der Waals surface area (Å²) in [7, 11) is 0. The van der Waals surface area contributed by atoms with E-state index in [-0.39, 0.29) is 6.79 Å². The zero-order chi connectivity index (χ0) is 13.7. The smallest absolute Gasteiger partial charge is 0.194 e. The van der Waals surface area contributed by atoms with Crippen LogP contribution in [0, 0.1) is 11.6 Å². The van der Waals surface area contributed by atoms with Gasteiger partial charge in [-0.1, -0.05) is 30.3 Å². The van der Waals surface area contributed by atoms with Crippen molar-refractivity contribution in [3.63, 3.8) is 0 Å². The maximum Gasteiger partial charge on any atom is 0.194 e. The van der Waals surface area contributed by atoms with Crippen LogP contribution in [0.2, 0.25) is 0 Å². The first-order chi connectivity index (χ1) is 9.24. The Morgan fingerprint density at radius 1 is 1.00 bits per heavy atom. The molecule has 0 saturated carbocycles. The molecule has 0 aromatic heterocycles. The maximum absolute atomic E-state index is 14.2. The van der Waals surface area contributed by atoms with Gasteiger partial charge in [-0.05, 0) is 24.6 Å². The first-order valence-corrected chi connectivity index (χ1v) is 5.98. The standard InChI is InChI=1S/C15H14F2O2/c1-2-18-10-19-15-13(16)9-8-12(14(15)17)11-6-4-3-5-7-11/h3-9H,2,10H2,1H3. The van der Waals surface area contributed by atoms with Crippen molar-refractivity contribution >= 4 is 0 Å². The maximum atomic E-state index is 14.2. The van der Waals surface area contributed by atoms with Gasteiger partial charge in [0.15, 0.2) is 24.2 Å². The van der Waals surface area contributed by atoms with E-state index < -0.39 is 17.4 Å². The molecular weight excluding hydrogens is 250 g/mol. The van der Waals surface area contributed by atoms with Crippen molar-refractivity contribution in [1.29, 1.82) is 0 Å².